The molecule has 3 aromatic rings. The van der Waals surface area contributed by atoms with Gasteiger partial charge >= 0.3 is 5.97 Å². The van der Waals surface area contributed by atoms with Gasteiger partial charge in [-0.3, -0.25) is 0 Å². The Morgan fingerprint density at radius 3 is 1.92 bits per heavy atom. The third kappa shape index (κ3) is 4.20. The highest BCUT2D eigenvalue weighted by Gasteiger charge is 2.13. The topological polar surface area (TPSA) is 26.3 Å². The number of carbonyl (C=O) groups excluding carboxylic acids is 1. The zero-order valence-corrected chi connectivity index (χ0v) is 13.3. The third-order valence-corrected chi connectivity index (χ3v) is 3.63. The van der Waals surface area contributed by atoms with E-state index in [9.17, 15) is 4.79 Å². The van der Waals surface area contributed by atoms with Gasteiger partial charge in [0.05, 0.1) is 5.57 Å². The molecule has 0 aliphatic carbocycles. The van der Waals surface area contributed by atoms with Crippen LogP contribution in [0, 0.1) is 0 Å². The van der Waals surface area contributed by atoms with Crippen molar-refractivity contribution in [1.82, 2.24) is 0 Å². The fourth-order valence-corrected chi connectivity index (χ4v) is 2.39. The summed E-state index contributed by atoms with van der Waals surface area (Å²) in [6.07, 6.45) is 1.86. The fraction of sp³-hybridized carbons (Fsp3) is 0.0455. The molecule has 0 fully saturated rings. The minimum Gasteiger partial charge on any atom is -0.457 e. The molecule has 2 nitrogen and oxygen atoms in total. The van der Waals surface area contributed by atoms with Gasteiger partial charge in [0.15, 0.2) is 0 Å². The normalized spacial score (nSPS) is 11.1. The molecule has 0 bridgehead atoms. The summed E-state index contributed by atoms with van der Waals surface area (Å²) in [5.41, 5.74) is 3.34. The Balaban J connectivity index is 1.84. The van der Waals surface area contributed by atoms with E-state index in [2.05, 4.69) is 0 Å². The van der Waals surface area contributed by atoms with E-state index in [0.29, 0.717) is 5.57 Å². The van der Waals surface area contributed by atoms with E-state index in [-0.39, 0.29) is 12.6 Å². The molecule has 0 unspecified atom stereocenters. The van der Waals surface area contributed by atoms with Crippen LogP contribution >= 0.6 is 0 Å². The lowest BCUT2D eigenvalue weighted by atomic mass is 10.0. The number of benzene rings is 3. The van der Waals surface area contributed by atoms with Gasteiger partial charge in [-0.1, -0.05) is 91.0 Å². The summed E-state index contributed by atoms with van der Waals surface area (Å²) in [5, 5.41) is 0. The summed E-state index contributed by atoms with van der Waals surface area (Å²) in [7, 11) is 0. The molecule has 0 aliphatic rings. The van der Waals surface area contributed by atoms with Crippen LogP contribution in [0.5, 0.6) is 0 Å². The van der Waals surface area contributed by atoms with Crippen molar-refractivity contribution < 1.29 is 9.53 Å². The maximum atomic E-state index is 12.6. The second-order valence-electron chi connectivity index (χ2n) is 5.40. The van der Waals surface area contributed by atoms with Crippen LogP contribution in [0.15, 0.2) is 91.0 Å². The fourth-order valence-electron chi connectivity index (χ4n) is 2.39. The molecule has 3 rings (SSSR count). The lowest BCUT2D eigenvalue weighted by Gasteiger charge is -2.09. The maximum Gasteiger partial charge on any atom is 0.339 e. The first-order valence-corrected chi connectivity index (χ1v) is 7.86. The average Bonchev–Trinajstić information content (AvgIpc) is 2.66. The van der Waals surface area contributed by atoms with Crippen molar-refractivity contribution in [1.29, 1.82) is 0 Å². The lowest BCUT2D eigenvalue weighted by Crippen LogP contribution is -2.07. The van der Waals surface area contributed by atoms with Gasteiger partial charge in [0.1, 0.15) is 6.61 Å². The quantitative estimate of drug-likeness (QED) is 0.377. The Labute approximate surface area is 142 Å². The van der Waals surface area contributed by atoms with Crippen LogP contribution in [0.25, 0.3) is 11.6 Å². The second kappa shape index (κ2) is 7.93. The molecule has 3 aromatic carbocycles. The predicted molar refractivity (Wildman–Crippen MR) is 97.0 cm³/mol. The van der Waals surface area contributed by atoms with Crippen LogP contribution in [0.4, 0.5) is 0 Å². The van der Waals surface area contributed by atoms with E-state index < -0.39 is 0 Å². The predicted octanol–water partition coefficient (Wildman–Crippen LogP) is 4.97. The Morgan fingerprint density at radius 1 is 0.750 bits per heavy atom. The van der Waals surface area contributed by atoms with Crippen LogP contribution in [-0.2, 0) is 16.1 Å². The minimum atomic E-state index is -0.325. The number of carbonyl (C=O) groups is 1. The number of rotatable bonds is 5. The molecule has 0 amide bonds. The number of esters is 1. The van der Waals surface area contributed by atoms with Gasteiger partial charge in [-0.25, -0.2) is 4.79 Å². The van der Waals surface area contributed by atoms with E-state index in [4.69, 9.17) is 4.74 Å². The molecule has 0 spiro atoms. The molecular formula is C22H18O2. The molecule has 24 heavy (non-hydrogen) atoms. The maximum absolute atomic E-state index is 12.6. The minimum absolute atomic E-state index is 0.263. The number of hydrogen-bond donors (Lipinski definition) is 0. The number of ether oxygens (including phenoxy) is 1. The SMILES string of the molecule is O=C(OCc1ccccc1)/C(=C\c1ccccc1)c1ccccc1. The molecule has 0 saturated heterocycles. The first kappa shape index (κ1) is 15.8. The van der Waals surface area contributed by atoms with Gasteiger partial charge < -0.3 is 4.74 Å². The smallest absolute Gasteiger partial charge is 0.339 e. The molecule has 0 atom stereocenters. The molecule has 0 N–H and O–H groups in total. The summed E-state index contributed by atoms with van der Waals surface area (Å²) >= 11 is 0. The largest absolute Gasteiger partial charge is 0.457 e. The monoisotopic (exact) mass is 314 g/mol. The van der Waals surface area contributed by atoms with Gasteiger partial charge in [0.2, 0.25) is 0 Å². The van der Waals surface area contributed by atoms with Gasteiger partial charge in [0.25, 0.3) is 0 Å². The van der Waals surface area contributed by atoms with Crippen LogP contribution < -0.4 is 0 Å². The second-order valence-corrected chi connectivity index (χ2v) is 5.40. The highest BCUT2D eigenvalue weighted by atomic mass is 16.5. The summed E-state index contributed by atoms with van der Waals surface area (Å²) < 4.78 is 5.51. The van der Waals surface area contributed by atoms with E-state index >= 15 is 0 Å². The van der Waals surface area contributed by atoms with Crippen LogP contribution in [-0.4, -0.2) is 5.97 Å². The summed E-state index contributed by atoms with van der Waals surface area (Å²) in [6, 6.07) is 29.1. The van der Waals surface area contributed by atoms with E-state index in [1.165, 1.54) is 0 Å². The third-order valence-electron chi connectivity index (χ3n) is 3.63. The Morgan fingerprint density at radius 2 is 1.29 bits per heavy atom. The Bertz CT molecular complexity index is 806. The van der Waals surface area contributed by atoms with Crippen LogP contribution in [0.2, 0.25) is 0 Å². The standard InChI is InChI=1S/C22H18O2/c23-22(24-17-19-12-6-2-7-13-19)21(20-14-8-3-9-15-20)16-18-10-4-1-5-11-18/h1-16H,17H2/b21-16-. The van der Waals surface area contributed by atoms with Crippen molar-refractivity contribution >= 4 is 17.6 Å². The molecule has 2 heteroatoms. The molecule has 0 saturated carbocycles. The first-order chi connectivity index (χ1) is 11.8. The molecule has 0 aliphatic heterocycles. The molecule has 0 radical (unpaired) electrons. The first-order valence-electron chi connectivity index (χ1n) is 7.86. The van der Waals surface area contributed by atoms with Gasteiger partial charge in [0, 0.05) is 0 Å². The van der Waals surface area contributed by atoms with E-state index in [0.717, 1.165) is 16.7 Å². The highest BCUT2D eigenvalue weighted by Crippen LogP contribution is 2.20. The van der Waals surface area contributed by atoms with Crippen LogP contribution in [0.1, 0.15) is 16.7 Å². The lowest BCUT2D eigenvalue weighted by molar-refractivity contribution is -0.137. The summed E-state index contributed by atoms with van der Waals surface area (Å²) in [4.78, 5) is 12.6. The number of hydrogen-bond acceptors (Lipinski definition) is 2. The van der Waals surface area contributed by atoms with E-state index in [1.54, 1.807) is 0 Å². The molecule has 118 valence electrons. The molecule has 0 heterocycles. The van der Waals surface area contributed by atoms with Crippen molar-refractivity contribution in [2.24, 2.45) is 0 Å². The van der Waals surface area contributed by atoms with Crippen LogP contribution in [0.3, 0.4) is 0 Å². The molecule has 0 aromatic heterocycles. The van der Waals surface area contributed by atoms with Gasteiger partial charge in [-0.2, -0.15) is 0 Å². The summed E-state index contributed by atoms with van der Waals surface area (Å²) in [5.74, 6) is -0.325. The average molecular weight is 314 g/mol. The van der Waals surface area contributed by atoms with E-state index in [1.807, 2.05) is 97.1 Å². The van der Waals surface area contributed by atoms with Crippen molar-refractivity contribution in [3.63, 3.8) is 0 Å². The van der Waals surface area contributed by atoms with Crippen molar-refractivity contribution in [2.75, 3.05) is 0 Å². The van der Waals surface area contributed by atoms with Crippen molar-refractivity contribution in [2.45, 2.75) is 6.61 Å². The van der Waals surface area contributed by atoms with Crippen molar-refractivity contribution in [3.05, 3.63) is 108 Å². The molecular weight excluding hydrogens is 296 g/mol. The van der Waals surface area contributed by atoms with Gasteiger partial charge in [-0.15, -0.1) is 0 Å². The highest BCUT2D eigenvalue weighted by molar-refractivity contribution is 6.21. The zero-order chi connectivity index (χ0) is 16.6. The van der Waals surface area contributed by atoms with Crippen molar-refractivity contribution in [3.8, 4) is 0 Å². The Kier molecular flexibility index (Phi) is 5.21. The Hall–Kier alpha value is -3.13. The summed E-state index contributed by atoms with van der Waals surface area (Å²) in [6.45, 7) is 0.263. The zero-order valence-electron chi connectivity index (χ0n) is 13.3. The van der Waals surface area contributed by atoms with Gasteiger partial charge in [-0.05, 0) is 22.8 Å².